The van der Waals surface area contributed by atoms with Crippen LogP contribution in [-0.2, 0) is 26.5 Å². The molecule has 0 amide bonds. The quantitative estimate of drug-likeness (QED) is 0.113. The van der Waals surface area contributed by atoms with Gasteiger partial charge in [0.2, 0.25) is 0 Å². The molecule has 0 spiro atoms. The van der Waals surface area contributed by atoms with E-state index in [1.807, 2.05) is 36.4 Å². The van der Waals surface area contributed by atoms with E-state index in [0.717, 1.165) is 61.5 Å². The first-order valence-electron chi connectivity index (χ1n) is 20.5. The third-order valence-corrected chi connectivity index (χ3v) is 13.5. The van der Waals surface area contributed by atoms with Gasteiger partial charge in [-0.15, -0.1) is 54.1 Å². The average Bonchev–Trinajstić information content (AvgIpc) is 3.95. The van der Waals surface area contributed by atoms with Crippen molar-refractivity contribution in [3.05, 3.63) is 144 Å². The molecule has 57 heavy (non-hydrogen) atoms. The van der Waals surface area contributed by atoms with Crippen molar-refractivity contribution < 1.29 is 24.5 Å². The fourth-order valence-corrected chi connectivity index (χ4v) is 10.2. The van der Waals surface area contributed by atoms with Gasteiger partial charge in [0.1, 0.15) is 5.58 Å². The molecule has 6 heteroatoms. The van der Waals surface area contributed by atoms with Crippen LogP contribution in [0.2, 0.25) is 19.6 Å². The summed E-state index contributed by atoms with van der Waals surface area (Å²) in [5.41, 5.74) is 12.2. The summed E-state index contributed by atoms with van der Waals surface area (Å²) in [6, 6.07) is 44.6. The molecule has 293 valence electrons. The predicted molar refractivity (Wildman–Crippen MR) is 238 cm³/mol. The molecule has 0 bridgehead atoms. The van der Waals surface area contributed by atoms with Gasteiger partial charge in [-0.05, 0) is 64.4 Å². The Morgan fingerprint density at radius 3 is 2.18 bits per heavy atom. The van der Waals surface area contributed by atoms with Crippen LogP contribution in [0, 0.1) is 18.1 Å². The zero-order chi connectivity index (χ0) is 39.0. The van der Waals surface area contributed by atoms with Crippen LogP contribution in [-0.4, -0.2) is 22.6 Å². The first-order valence-corrected chi connectivity index (χ1v) is 24.0. The minimum Gasteiger partial charge on any atom is -0.501 e. The molecule has 3 heterocycles. The van der Waals surface area contributed by atoms with Gasteiger partial charge in [0.25, 0.3) is 0 Å². The number of benzene rings is 5. The van der Waals surface area contributed by atoms with Crippen molar-refractivity contribution in [2.24, 2.45) is 5.92 Å². The number of fused-ring (bicyclic) bond motifs is 4. The van der Waals surface area contributed by atoms with Crippen molar-refractivity contribution in [1.82, 2.24) is 14.5 Å². The van der Waals surface area contributed by atoms with Gasteiger partial charge >= 0.3 is 0 Å². The zero-order valence-corrected chi connectivity index (χ0v) is 37.7. The molecule has 0 unspecified atom stereocenters. The number of hydrogen-bond donors (Lipinski definition) is 0. The minimum absolute atomic E-state index is 0. The molecule has 3 aromatic heterocycles. The van der Waals surface area contributed by atoms with Gasteiger partial charge < -0.3 is 14.0 Å². The smallest absolute Gasteiger partial charge is 0.120 e. The van der Waals surface area contributed by atoms with Gasteiger partial charge in [-0.2, -0.15) is 0 Å². The topological polar surface area (TPSA) is 43.9 Å². The second-order valence-electron chi connectivity index (χ2n) is 17.2. The molecule has 8 aromatic rings. The number of rotatable bonds is 8. The number of aromatic nitrogens is 3. The summed E-state index contributed by atoms with van der Waals surface area (Å²) in [4.78, 5) is 9.91. The molecule has 0 atom stereocenters. The van der Waals surface area contributed by atoms with Crippen LogP contribution in [0.15, 0.2) is 120 Å². The molecule has 1 radical (unpaired) electrons. The molecule has 1 saturated carbocycles. The molecule has 1 aliphatic carbocycles. The molecule has 1 aliphatic rings. The molecule has 4 nitrogen and oxygen atoms in total. The molecule has 0 saturated heterocycles. The zero-order valence-electron chi connectivity index (χ0n) is 34.3. The van der Waals surface area contributed by atoms with Crippen LogP contribution in [0.1, 0.15) is 81.9 Å². The second kappa shape index (κ2) is 17.1. The number of nitrogens with zero attached hydrogens (tertiary/aromatic N) is 3. The predicted octanol–water partition coefficient (Wildman–Crippen LogP) is 13.5. The maximum Gasteiger partial charge on any atom is 0.120 e. The van der Waals surface area contributed by atoms with Crippen molar-refractivity contribution in [2.75, 3.05) is 0 Å². The van der Waals surface area contributed by atoms with Crippen LogP contribution in [0.5, 0.6) is 0 Å². The summed E-state index contributed by atoms with van der Waals surface area (Å²) >= 11 is 0. The number of para-hydroxylation sites is 4. The number of imidazole rings is 1. The molecular weight excluding hydrogens is 891 g/mol. The van der Waals surface area contributed by atoms with Crippen LogP contribution >= 0.6 is 0 Å². The largest absolute Gasteiger partial charge is 0.501 e. The fraction of sp³-hybridized carbons (Fsp3) is 0.294. The van der Waals surface area contributed by atoms with E-state index < -0.39 is 8.07 Å². The van der Waals surface area contributed by atoms with Gasteiger partial charge in [-0.25, -0.2) is 0 Å². The van der Waals surface area contributed by atoms with E-state index in [1.54, 1.807) is 10.8 Å². The molecule has 1 fully saturated rings. The van der Waals surface area contributed by atoms with Crippen molar-refractivity contribution in [3.8, 4) is 28.3 Å². The Bertz CT molecular complexity index is 2600. The summed E-state index contributed by atoms with van der Waals surface area (Å²) in [6.07, 6.45) is 9.03. The Hall–Kier alpha value is -4.61. The molecule has 5 aromatic carbocycles. The van der Waals surface area contributed by atoms with Crippen LogP contribution in [0.4, 0.5) is 0 Å². The van der Waals surface area contributed by atoms with E-state index in [9.17, 15) is 0 Å². The minimum atomic E-state index is -1.35. The van der Waals surface area contributed by atoms with Gasteiger partial charge in [0, 0.05) is 37.4 Å². The van der Waals surface area contributed by atoms with Gasteiger partial charge in [0.15, 0.2) is 0 Å². The van der Waals surface area contributed by atoms with Crippen LogP contribution < -0.4 is 5.19 Å². The Balaban J connectivity index is 0.000000188. The normalized spacial score (nSPS) is 13.4. The van der Waals surface area contributed by atoms with Crippen molar-refractivity contribution >= 4 is 46.2 Å². The second-order valence-corrected chi connectivity index (χ2v) is 22.2. The van der Waals surface area contributed by atoms with E-state index in [2.05, 4.69) is 143 Å². The Labute approximate surface area is 353 Å². The fourth-order valence-electron chi connectivity index (χ4n) is 8.61. The van der Waals surface area contributed by atoms with Crippen molar-refractivity contribution in [1.29, 1.82) is 0 Å². The van der Waals surface area contributed by atoms with Gasteiger partial charge in [0.05, 0.1) is 30.5 Å². The van der Waals surface area contributed by atoms with E-state index in [1.165, 1.54) is 48.9 Å². The standard InChI is InChI=1S/C31H27N2O.C20H26NSi.Ir/c1-19(2)21-12-9-13-22(20(3)4)29(21)33-27-17-7-6-16-26(27)32-31(33)25-15-10-14-24-23-11-5-8-18-28(23)34-30(24)25;1-22(2,3)20-15-21-19(17-11-5-4-6-12-17)14-18(20)13-16-9-7-8-10-16;/h5-14,16-20H,1-4H3;4-6,11,14-16H,7-10,13H2,1-3H3;/q2*-1;. The maximum absolute atomic E-state index is 6.40. The van der Waals surface area contributed by atoms with Crippen molar-refractivity contribution in [3.63, 3.8) is 0 Å². The maximum atomic E-state index is 6.40. The Morgan fingerprint density at radius 2 is 1.47 bits per heavy atom. The van der Waals surface area contributed by atoms with Crippen molar-refractivity contribution in [2.45, 2.75) is 91.3 Å². The van der Waals surface area contributed by atoms with Gasteiger partial charge in [-0.1, -0.05) is 144 Å². The third-order valence-electron chi connectivity index (χ3n) is 11.5. The van der Waals surface area contributed by atoms with E-state index in [4.69, 9.17) is 14.4 Å². The van der Waals surface area contributed by atoms with E-state index in [0.29, 0.717) is 11.8 Å². The SMILES string of the molecule is CC(C)c1cccc(C(C)C)c1-n1c(-c2[c-]ccc3c2oc2ccccc23)nc2ccccc21.C[Si](C)(C)c1cnc(-c2[c-]cccc2)cc1CC1CCCC1.[Ir]. The summed E-state index contributed by atoms with van der Waals surface area (Å²) in [5, 5.41) is 3.74. The van der Waals surface area contributed by atoms with Crippen LogP contribution in [0.3, 0.4) is 0 Å². The van der Waals surface area contributed by atoms with Gasteiger partial charge in [-0.3, -0.25) is 4.98 Å². The summed E-state index contributed by atoms with van der Waals surface area (Å²) in [5.74, 6) is 2.48. The Kier molecular flexibility index (Phi) is 12.2. The first kappa shape index (κ1) is 40.6. The molecule has 0 aliphatic heterocycles. The third kappa shape index (κ3) is 8.23. The monoisotopic (exact) mass is 944 g/mol. The van der Waals surface area contributed by atoms with E-state index >= 15 is 0 Å². The van der Waals surface area contributed by atoms with Crippen LogP contribution in [0.25, 0.3) is 61.3 Å². The summed E-state index contributed by atoms with van der Waals surface area (Å²) in [7, 11) is -1.35. The molecular formula is C51H53IrN3OSi-2. The Morgan fingerprint density at radius 1 is 0.772 bits per heavy atom. The molecule has 9 rings (SSSR count). The average molecular weight is 944 g/mol. The molecule has 0 N–H and O–H groups in total. The number of furan rings is 1. The number of pyridine rings is 1. The first-order chi connectivity index (χ1) is 27.1. The summed E-state index contributed by atoms with van der Waals surface area (Å²) in [6.45, 7) is 16.3. The summed E-state index contributed by atoms with van der Waals surface area (Å²) < 4.78 is 8.73. The van der Waals surface area contributed by atoms with E-state index in [-0.39, 0.29) is 20.1 Å². The number of hydrogen-bond acceptors (Lipinski definition) is 3.